The van der Waals surface area contributed by atoms with E-state index in [0.717, 1.165) is 24.5 Å². The molecule has 0 fully saturated rings. The fraction of sp³-hybridized carbons (Fsp3) is 0.600. The quantitative estimate of drug-likeness (QED) is 0.756. The molecule has 1 aromatic rings. The van der Waals surface area contributed by atoms with Crippen molar-refractivity contribution in [1.82, 2.24) is 4.31 Å². The molecule has 0 saturated carbocycles. The van der Waals surface area contributed by atoms with E-state index < -0.39 is 10.2 Å². The van der Waals surface area contributed by atoms with Crippen molar-refractivity contribution in [3.63, 3.8) is 0 Å². The van der Waals surface area contributed by atoms with Gasteiger partial charge in [0, 0.05) is 26.2 Å². The molecule has 22 heavy (non-hydrogen) atoms. The van der Waals surface area contributed by atoms with Gasteiger partial charge in [-0.05, 0) is 32.0 Å². The monoisotopic (exact) mass is 329 g/mol. The highest BCUT2D eigenvalue weighted by molar-refractivity contribution is 7.90. The van der Waals surface area contributed by atoms with E-state index in [9.17, 15) is 8.42 Å². The highest BCUT2D eigenvalue weighted by Gasteiger charge is 2.19. The van der Waals surface area contributed by atoms with Crippen LogP contribution in [0.3, 0.4) is 0 Å². The number of anilines is 2. The van der Waals surface area contributed by atoms with Crippen LogP contribution in [-0.4, -0.2) is 46.0 Å². The molecule has 0 heterocycles. The van der Waals surface area contributed by atoms with Crippen LogP contribution in [0.4, 0.5) is 11.4 Å². The van der Waals surface area contributed by atoms with Gasteiger partial charge in [0.15, 0.2) is 0 Å². The molecular weight excluding hydrogens is 302 g/mol. The number of nitrogens with one attached hydrogen (secondary N) is 1. The molecule has 0 amide bonds. The lowest BCUT2D eigenvalue weighted by atomic mass is 10.2. The summed E-state index contributed by atoms with van der Waals surface area (Å²) >= 11 is 0. The zero-order valence-corrected chi connectivity index (χ0v) is 14.9. The van der Waals surface area contributed by atoms with E-state index in [1.54, 1.807) is 19.2 Å². The van der Waals surface area contributed by atoms with Crippen LogP contribution in [-0.2, 0) is 10.2 Å². The molecule has 0 aromatic heterocycles. The second kappa shape index (κ2) is 8.24. The van der Waals surface area contributed by atoms with Crippen LogP contribution in [0.15, 0.2) is 18.2 Å². The summed E-state index contributed by atoms with van der Waals surface area (Å²) in [5, 5.41) is 0. The van der Waals surface area contributed by atoms with Crippen molar-refractivity contribution in [3.05, 3.63) is 18.2 Å². The van der Waals surface area contributed by atoms with Gasteiger partial charge in [-0.2, -0.15) is 12.7 Å². The first kappa shape index (κ1) is 18.6. The van der Waals surface area contributed by atoms with Crippen molar-refractivity contribution in [2.24, 2.45) is 0 Å². The topological polar surface area (TPSA) is 61.9 Å². The summed E-state index contributed by atoms with van der Waals surface area (Å²) in [6.45, 7) is 10.2. The van der Waals surface area contributed by atoms with Crippen LogP contribution in [0.2, 0.25) is 0 Å². The molecule has 0 spiro atoms. The van der Waals surface area contributed by atoms with E-state index in [4.69, 9.17) is 4.74 Å². The summed E-state index contributed by atoms with van der Waals surface area (Å²) in [7, 11) is -1.91. The minimum atomic E-state index is -3.53. The first-order valence-corrected chi connectivity index (χ1v) is 9.08. The number of hydrogen-bond acceptors (Lipinski definition) is 4. The van der Waals surface area contributed by atoms with Gasteiger partial charge in [0.2, 0.25) is 0 Å². The lowest BCUT2D eigenvalue weighted by molar-refractivity contribution is 0.414. The number of ether oxygens (including phenoxy) is 1. The Bertz CT molecular complexity index is 567. The smallest absolute Gasteiger partial charge is 0.301 e. The van der Waals surface area contributed by atoms with Crippen LogP contribution in [0.25, 0.3) is 0 Å². The van der Waals surface area contributed by atoms with E-state index in [-0.39, 0.29) is 0 Å². The zero-order chi connectivity index (χ0) is 16.8. The summed E-state index contributed by atoms with van der Waals surface area (Å²) in [4.78, 5) is 2.12. The second-order valence-electron chi connectivity index (χ2n) is 4.75. The van der Waals surface area contributed by atoms with Crippen LogP contribution in [0.1, 0.15) is 27.7 Å². The molecule has 0 radical (unpaired) electrons. The van der Waals surface area contributed by atoms with Crippen LogP contribution >= 0.6 is 0 Å². The summed E-state index contributed by atoms with van der Waals surface area (Å²) in [5.74, 6) is 0.731. The minimum Gasteiger partial charge on any atom is -0.495 e. The predicted octanol–water partition coefficient (Wildman–Crippen LogP) is 2.54. The van der Waals surface area contributed by atoms with Crippen LogP contribution < -0.4 is 14.4 Å². The molecule has 6 nitrogen and oxygen atoms in total. The standard InChI is InChI=1S/C15H27N3O3S/c1-6-17(7-2)14-12-13(10-11-15(14)21-5)16-22(19,20)18(8-3)9-4/h10-12,16H,6-9H2,1-5H3. The van der Waals surface area contributed by atoms with E-state index in [1.165, 1.54) is 4.31 Å². The Balaban J connectivity index is 3.14. The Hall–Kier alpha value is -1.47. The largest absolute Gasteiger partial charge is 0.495 e. The first-order valence-electron chi connectivity index (χ1n) is 7.64. The molecule has 126 valence electrons. The van der Waals surface area contributed by atoms with E-state index >= 15 is 0 Å². The fourth-order valence-electron chi connectivity index (χ4n) is 2.34. The Morgan fingerprint density at radius 1 is 1.05 bits per heavy atom. The van der Waals surface area contributed by atoms with E-state index in [2.05, 4.69) is 23.5 Å². The summed E-state index contributed by atoms with van der Waals surface area (Å²) in [6, 6.07) is 5.31. The second-order valence-corrected chi connectivity index (χ2v) is 6.42. The van der Waals surface area contributed by atoms with Crippen molar-refractivity contribution < 1.29 is 13.2 Å². The first-order chi connectivity index (χ1) is 10.4. The number of hydrogen-bond donors (Lipinski definition) is 1. The van der Waals surface area contributed by atoms with Gasteiger partial charge >= 0.3 is 10.2 Å². The Labute approximate surface area is 134 Å². The average Bonchev–Trinajstić information content (AvgIpc) is 2.49. The number of benzene rings is 1. The Morgan fingerprint density at radius 3 is 2.09 bits per heavy atom. The molecule has 1 rings (SSSR count). The number of nitrogens with zero attached hydrogens (tertiary/aromatic N) is 2. The summed E-state index contributed by atoms with van der Waals surface area (Å²) in [5.41, 5.74) is 1.42. The molecule has 0 aliphatic rings. The maximum Gasteiger partial charge on any atom is 0.301 e. The number of methoxy groups -OCH3 is 1. The highest BCUT2D eigenvalue weighted by atomic mass is 32.2. The molecular formula is C15H27N3O3S. The van der Waals surface area contributed by atoms with Crippen molar-refractivity contribution in [2.45, 2.75) is 27.7 Å². The Morgan fingerprint density at radius 2 is 1.64 bits per heavy atom. The maximum atomic E-state index is 12.3. The van der Waals surface area contributed by atoms with Gasteiger partial charge in [0.1, 0.15) is 5.75 Å². The van der Waals surface area contributed by atoms with Gasteiger partial charge < -0.3 is 9.64 Å². The molecule has 0 atom stereocenters. The van der Waals surface area contributed by atoms with Crippen molar-refractivity contribution in [2.75, 3.05) is 42.9 Å². The molecule has 7 heteroatoms. The number of rotatable bonds is 9. The molecule has 0 aliphatic carbocycles. The van der Waals surface area contributed by atoms with Gasteiger partial charge in [-0.3, -0.25) is 4.72 Å². The van der Waals surface area contributed by atoms with Gasteiger partial charge in [0.05, 0.1) is 18.5 Å². The third-order valence-electron chi connectivity index (χ3n) is 3.58. The molecule has 0 bridgehead atoms. The lowest BCUT2D eigenvalue weighted by Gasteiger charge is -2.25. The van der Waals surface area contributed by atoms with E-state index in [0.29, 0.717) is 18.8 Å². The Kier molecular flexibility index (Phi) is 6.96. The van der Waals surface area contributed by atoms with E-state index in [1.807, 2.05) is 19.9 Å². The van der Waals surface area contributed by atoms with Crippen molar-refractivity contribution in [3.8, 4) is 5.75 Å². The lowest BCUT2D eigenvalue weighted by Crippen LogP contribution is -2.35. The van der Waals surface area contributed by atoms with Crippen LogP contribution in [0, 0.1) is 0 Å². The van der Waals surface area contributed by atoms with Crippen LogP contribution in [0.5, 0.6) is 5.75 Å². The third kappa shape index (κ3) is 4.27. The maximum absolute atomic E-state index is 12.3. The van der Waals surface area contributed by atoms with Gasteiger partial charge in [-0.15, -0.1) is 0 Å². The minimum absolute atomic E-state index is 0.435. The molecule has 0 aliphatic heterocycles. The molecule has 1 aromatic carbocycles. The fourth-order valence-corrected chi connectivity index (χ4v) is 3.58. The third-order valence-corrected chi connectivity index (χ3v) is 5.27. The molecule has 0 unspecified atom stereocenters. The highest BCUT2D eigenvalue weighted by Crippen LogP contribution is 2.31. The average molecular weight is 329 g/mol. The SMILES string of the molecule is CCN(CC)c1cc(NS(=O)(=O)N(CC)CC)ccc1OC. The zero-order valence-electron chi connectivity index (χ0n) is 14.1. The predicted molar refractivity (Wildman–Crippen MR) is 92.0 cm³/mol. The van der Waals surface area contributed by atoms with Crippen molar-refractivity contribution in [1.29, 1.82) is 0 Å². The van der Waals surface area contributed by atoms with Gasteiger partial charge in [0.25, 0.3) is 0 Å². The molecule has 0 saturated heterocycles. The summed E-state index contributed by atoms with van der Waals surface area (Å²) < 4.78 is 34.0. The van der Waals surface area contributed by atoms with Crippen molar-refractivity contribution >= 4 is 21.6 Å². The summed E-state index contributed by atoms with van der Waals surface area (Å²) in [6.07, 6.45) is 0. The normalized spacial score (nSPS) is 11.5. The molecule has 1 N–H and O–H groups in total. The van der Waals surface area contributed by atoms with Gasteiger partial charge in [-0.1, -0.05) is 13.8 Å². The van der Waals surface area contributed by atoms with Gasteiger partial charge in [-0.25, -0.2) is 0 Å².